The van der Waals surface area contributed by atoms with Crippen LogP contribution in [0.1, 0.15) is 45.0 Å². The first-order valence-corrected chi connectivity index (χ1v) is 9.28. The zero-order chi connectivity index (χ0) is 24.1. The Morgan fingerprint density at radius 3 is 2.00 bits per heavy atom. The lowest BCUT2D eigenvalue weighted by Crippen LogP contribution is -2.59. The van der Waals surface area contributed by atoms with Crippen molar-refractivity contribution in [2.45, 2.75) is 58.5 Å². The molecule has 1 aliphatic heterocycles. The van der Waals surface area contributed by atoms with Crippen LogP contribution in [-0.2, 0) is 9.53 Å². The molecule has 2 atom stereocenters. The molecule has 0 bridgehead atoms. The molecule has 1 fully saturated rings. The van der Waals surface area contributed by atoms with Crippen LogP contribution in [0.15, 0.2) is 18.3 Å². The van der Waals surface area contributed by atoms with E-state index in [0.717, 1.165) is 0 Å². The minimum Gasteiger partial charge on any atom is -0.478 e. The van der Waals surface area contributed by atoms with Crippen LogP contribution in [0.4, 0.5) is 23.8 Å². The molecule has 1 aromatic rings. The zero-order valence-electron chi connectivity index (χ0n) is 17.8. The minimum absolute atomic E-state index is 0.0306. The van der Waals surface area contributed by atoms with Gasteiger partial charge in [-0.3, -0.25) is 0 Å². The normalized spacial score (nSPS) is 19.2. The molecular weight excluding hydrogens is 423 g/mol. The fourth-order valence-corrected chi connectivity index (χ4v) is 2.70. The van der Waals surface area contributed by atoms with E-state index in [1.165, 1.54) is 6.20 Å². The molecule has 1 amide bonds. The number of nitrogens with zero attached hydrogens (tertiary/aromatic N) is 3. The Bertz CT molecular complexity index is 793. The molecule has 0 saturated carbocycles. The van der Waals surface area contributed by atoms with Crippen molar-refractivity contribution in [2.75, 3.05) is 18.0 Å². The second-order valence-electron chi connectivity index (χ2n) is 8.00. The van der Waals surface area contributed by atoms with Crippen molar-refractivity contribution < 1.29 is 42.5 Å². The number of carbonyl (C=O) groups is 3. The smallest absolute Gasteiger partial charge is 0.478 e. The third kappa shape index (κ3) is 7.95. The van der Waals surface area contributed by atoms with Crippen LogP contribution in [0.2, 0.25) is 0 Å². The molecule has 9 nitrogen and oxygen atoms in total. The number of amides is 1. The number of pyridine rings is 1. The van der Waals surface area contributed by atoms with Crippen LogP contribution < -0.4 is 4.90 Å². The van der Waals surface area contributed by atoms with Gasteiger partial charge in [-0.2, -0.15) is 13.2 Å². The summed E-state index contributed by atoms with van der Waals surface area (Å²) >= 11 is 0. The highest BCUT2D eigenvalue weighted by Crippen LogP contribution is 2.23. The van der Waals surface area contributed by atoms with Crippen molar-refractivity contribution in [2.24, 2.45) is 0 Å². The topological polar surface area (TPSA) is 120 Å². The number of hydrogen-bond donors (Lipinski definition) is 2. The van der Waals surface area contributed by atoms with E-state index in [1.807, 2.05) is 34.6 Å². The van der Waals surface area contributed by atoms with Gasteiger partial charge in [-0.15, -0.1) is 0 Å². The van der Waals surface area contributed by atoms with E-state index in [4.69, 9.17) is 19.7 Å². The second kappa shape index (κ2) is 9.84. The summed E-state index contributed by atoms with van der Waals surface area (Å²) in [6.07, 6.45) is -4.04. The van der Waals surface area contributed by atoms with Crippen LogP contribution >= 0.6 is 0 Å². The van der Waals surface area contributed by atoms with Gasteiger partial charge < -0.3 is 24.7 Å². The largest absolute Gasteiger partial charge is 0.490 e. The molecule has 0 unspecified atom stereocenters. The number of halogens is 3. The molecule has 0 aromatic carbocycles. The Kier molecular flexibility index (Phi) is 8.25. The second-order valence-corrected chi connectivity index (χ2v) is 8.00. The molecule has 12 heteroatoms. The van der Waals surface area contributed by atoms with Crippen molar-refractivity contribution in [1.82, 2.24) is 9.88 Å². The number of hydrogen-bond acceptors (Lipinski definition) is 6. The molecule has 1 saturated heterocycles. The third-order valence-electron chi connectivity index (χ3n) is 4.15. The van der Waals surface area contributed by atoms with Crippen molar-refractivity contribution >= 4 is 23.8 Å². The first-order chi connectivity index (χ1) is 14.0. The summed E-state index contributed by atoms with van der Waals surface area (Å²) in [6.45, 7) is 10.7. The molecule has 1 aromatic heterocycles. The molecule has 31 heavy (non-hydrogen) atoms. The number of alkyl halides is 3. The maximum atomic E-state index is 12.3. The van der Waals surface area contributed by atoms with Gasteiger partial charge in [-0.1, -0.05) is 0 Å². The van der Waals surface area contributed by atoms with E-state index in [2.05, 4.69) is 9.88 Å². The fraction of sp³-hybridized carbons (Fsp3) is 0.579. The number of carboxylic acid groups (broad SMARTS) is 2. The number of ether oxygens (including phenoxy) is 1. The molecule has 1 aliphatic rings. The highest BCUT2D eigenvalue weighted by Gasteiger charge is 2.38. The molecule has 0 radical (unpaired) electrons. The first kappa shape index (κ1) is 26.0. The van der Waals surface area contributed by atoms with Gasteiger partial charge in [0.05, 0.1) is 5.56 Å². The molecule has 2 heterocycles. The maximum Gasteiger partial charge on any atom is 0.490 e. The highest BCUT2D eigenvalue weighted by molar-refractivity contribution is 5.87. The maximum absolute atomic E-state index is 12.3. The van der Waals surface area contributed by atoms with E-state index in [-0.39, 0.29) is 23.7 Å². The van der Waals surface area contributed by atoms with E-state index < -0.39 is 23.7 Å². The number of aromatic carboxylic acids is 1. The summed E-state index contributed by atoms with van der Waals surface area (Å²) in [7, 11) is 0. The van der Waals surface area contributed by atoms with Gasteiger partial charge in [0.25, 0.3) is 0 Å². The summed E-state index contributed by atoms with van der Waals surface area (Å²) in [4.78, 5) is 40.2. The highest BCUT2D eigenvalue weighted by atomic mass is 19.4. The lowest BCUT2D eigenvalue weighted by molar-refractivity contribution is -0.192. The number of aliphatic carboxylic acids is 1. The number of carboxylic acids is 2. The Balaban J connectivity index is 0.000000592. The third-order valence-corrected chi connectivity index (χ3v) is 4.15. The average Bonchev–Trinajstić information content (AvgIpc) is 2.61. The van der Waals surface area contributed by atoms with Crippen LogP contribution in [-0.4, -0.2) is 75.1 Å². The molecular formula is C19H26F3N3O6. The molecule has 2 rings (SSSR count). The van der Waals surface area contributed by atoms with Gasteiger partial charge in [0.15, 0.2) is 0 Å². The Hall–Kier alpha value is -3.05. The van der Waals surface area contributed by atoms with Gasteiger partial charge in [0.1, 0.15) is 11.4 Å². The van der Waals surface area contributed by atoms with E-state index in [1.54, 1.807) is 17.0 Å². The average molecular weight is 449 g/mol. The van der Waals surface area contributed by atoms with Gasteiger partial charge in [0.2, 0.25) is 0 Å². The Morgan fingerprint density at radius 2 is 1.61 bits per heavy atom. The summed E-state index contributed by atoms with van der Waals surface area (Å²) in [5, 5.41) is 16.1. The predicted octanol–water partition coefficient (Wildman–Crippen LogP) is 3.25. The Labute approximate surface area is 177 Å². The number of carbonyl (C=O) groups excluding carboxylic acids is 1. The zero-order valence-corrected chi connectivity index (χ0v) is 17.8. The minimum atomic E-state index is -5.08. The summed E-state index contributed by atoms with van der Waals surface area (Å²) < 4.78 is 37.2. The van der Waals surface area contributed by atoms with Gasteiger partial charge in [0, 0.05) is 31.4 Å². The SMILES string of the molecule is C[C@@H]1CN(C(=O)OC(C)(C)C)[C@@H](C)CN1c1ccc(C(=O)O)cn1.O=C(O)C(F)(F)F. The van der Waals surface area contributed by atoms with E-state index in [0.29, 0.717) is 18.9 Å². The number of anilines is 1. The Morgan fingerprint density at radius 1 is 1.06 bits per heavy atom. The van der Waals surface area contributed by atoms with E-state index >= 15 is 0 Å². The monoisotopic (exact) mass is 449 g/mol. The van der Waals surface area contributed by atoms with Crippen LogP contribution in [0.3, 0.4) is 0 Å². The van der Waals surface area contributed by atoms with Crippen molar-refractivity contribution in [3.05, 3.63) is 23.9 Å². The summed E-state index contributed by atoms with van der Waals surface area (Å²) in [6, 6.07) is 3.27. The van der Waals surface area contributed by atoms with Crippen molar-refractivity contribution in [1.29, 1.82) is 0 Å². The number of aromatic nitrogens is 1. The van der Waals surface area contributed by atoms with Crippen LogP contribution in [0.5, 0.6) is 0 Å². The molecule has 174 valence electrons. The van der Waals surface area contributed by atoms with E-state index in [9.17, 15) is 22.8 Å². The summed E-state index contributed by atoms with van der Waals surface area (Å²) in [5.41, 5.74) is -0.363. The van der Waals surface area contributed by atoms with Gasteiger partial charge in [-0.05, 0) is 46.8 Å². The van der Waals surface area contributed by atoms with Crippen molar-refractivity contribution in [3.63, 3.8) is 0 Å². The van der Waals surface area contributed by atoms with Gasteiger partial charge >= 0.3 is 24.2 Å². The lowest BCUT2D eigenvalue weighted by atomic mass is 10.1. The lowest BCUT2D eigenvalue weighted by Gasteiger charge is -2.44. The molecule has 2 N–H and O–H groups in total. The van der Waals surface area contributed by atoms with Crippen molar-refractivity contribution in [3.8, 4) is 0 Å². The first-order valence-electron chi connectivity index (χ1n) is 9.28. The predicted molar refractivity (Wildman–Crippen MR) is 104 cm³/mol. The summed E-state index contributed by atoms with van der Waals surface area (Å²) in [5.74, 6) is -3.04. The quantitative estimate of drug-likeness (QED) is 0.706. The number of rotatable bonds is 2. The standard InChI is InChI=1S/C17H25N3O4.C2HF3O2/c1-11-10-20(16(23)24-17(3,4)5)12(2)9-19(11)14-7-6-13(8-18-14)15(21)22;3-2(4,5)1(6)7/h6-8,11-12H,9-10H2,1-5H3,(H,21,22);(H,6,7)/t11-,12+;/m1./s1. The fourth-order valence-electron chi connectivity index (χ4n) is 2.70. The molecule has 0 aliphatic carbocycles. The van der Waals surface area contributed by atoms with Crippen LogP contribution in [0, 0.1) is 0 Å². The number of piperazine rings is 1. The molecule has 0 spiro atoms. The van der Waals surface area contributed by atoms with Crippen LogP contribution in [0.25, 0.3) is 0 Å². The van der Waals surface area contributed by atoms with Gasteiger partial charge in [-0.25, -0.2) is 19.4 Å².